The second-order valence-electron chi connectivity index (χ2n) is 5.12. The molecule has 5 nitrogen and oxygen atoms in total. The van der Waals surface area contributed by atoms with Gasteiger partial charge in [0, 0.05) is 7.05 Å². The maximum atomic E-state index is 5.87. The Balaban J connectivity index is -0.000000853. The van der Waals surface area contributed by atoms with E-state index < -0.39 is 0 Å². The number of rotatable bonds is 4. The molecule has 0 aliphatic rings. The number of likely N-dealkylation sites (N-methyl/N-ethyl adjacent to an activating group) is 2. The summed E-state index contributed by atoms with van der Waals surface area (Å²) in [5.41, 5.74) is 12.7. The van der Waals surface area contributed by atoms with E-state index in [9.17, 15) is 0 Å². The van der Waals surface area contributed by atoms with Crippen molar-refractivity contribution in [3.05, 3.63) is 12.3 Å². The molecule has 1 aromatic rings. The highest BCUT2D eigenvalue weighted by Gasteiger charge is 2.12. The van der Waals surface area contributed by atoms with Crippen LogP contribution in [0, 0.1) is 0 Å². The molecule has 8 heteroatoms. The van der Waals surface area contributed by atoms with E-state index in [1.807, 2.05) is 7.05 Å². The third-order valence-electron chi connectivity index (χ3n) is 2.38. The van der Waals surface area contributed by atoms with Crippen LogP contribution in [0.15, 0.2) is 12.3 Å². The summed E-state index contributed by atoms with van der Waals surface area (Å²) in [6.45, 7) is 1.94. The predicted octanol–water partition coefficient (Wildman–Crippen LogP) is -1.76. The fourth-order valence-electron chi connectivity index (χ4n) is 1.37. The Bertz CT molecular complexity index is 368. The molecule has 0 aliphatic carbocycles. The molecule has 0 fully saturated rings. The highest BCUT2D eigenvalue weighted by Crippen LogP contribution is 2.20. The highest BCUT2D eigenvalue weighted by molar-refractivity contribution is 5.85. The lowest BCUT2D eigenvalue weighted by molar-refractivity contribution is -0.868. The van der Waals surface area contributed by atoms with Gasteiger partial charge in [-0.05, 0) is 6.07 Å². The van der Waals surface area contributed by atoms with Gasteiger partial charge in [0.2, 0.25) is 0 Å². The van der Waals surface area contributed by atoms with Crippen LogP contribution in [0.4, 0.5) is 17.2 Å². The van der Waals surface area contributed by atoms with Crippen molar-refractivity contribution in [2.45, 2.75) is 0 Å². The second kappa shape index (κ2) is 9.31. The van der Waals surface area contributed by atoms with Crippen molar-refractivity contribution in [2.24, 2.45) is 0 Å². The van der Waals surface area contributed by atoms with E-state index in [0.29, 0.717) is 11.4 Å². The normalized spacial score (nSPS) is 9.68. The van der Waals surface area contributed by atoms with Gasteiger partial charge in [-0.3, -0.25) is 0 Å². The van der Waals surface area contributed by atoms with Gasteiger partial charge in [0.25, 0.3) is 0 Å². The minimum Gasteiger partial charge on any atom is -1.00 e. The molecule has 0 atom stereocenters. The van der Waals surface area contributed by atoms with Gasteiger partial charge >= 0.3 is 0 Å². The summed E-state index contributed by atoms with van der Waals surface area (Å²) in [4.78, 5) is 6.30. The van der Waals surface area contributed by atoms with Crippen LogP contribution in [0.25, 0.3) is 0 Å². The third kappa shape index (κ3) is 8.21. The lowest BCUT2D eigenvalue weighted by Gasteiger charge is -2.27. The van der Waals surface area contributed by atoms with Crippen LogP contribution in [-0.2, 0) is 0 Å². The summed E-state index contributed by atoms with van der Waals surface area (Å²) in [5.74, 6) is 0.794. The van der Waals surface area contributed by atoms with E-state index >= 15 is 0 Å². The first-order valence-electron chi connectivity index (χ1n) is 5.32. The molecule has 0 aromatic carbocycles. The number of anilines is 3. The summed E-state index contributed by atoms with van der Waals surface area (Å²) >= 11 is 0. The zero-order chi connectivity index (χ0) is 12.3. The molecule has 0 spiro atoms. The standard InChI is InChI=1S/C11H22N5.3ClH/c1-15(5-6-16(2,3)4)11-10(13)7-9(12)8-14-11;;;/h7-8H,5-6,12-13H2,1-4H3;3*1H/q+1;;;/p-1. The van der Waals surface area contributed by atoms with Crippen LogP contribution in [-0.4, -0.2) is 50.7 Å². The van der Waals surface area contributed by atoms with Gasteiger partial charge in [-0.25, -0.2) is 4.98 Å². The first kappa shape index (κ1) is 23.5. The number of hydrogen-bond donors (Lipinski definition) is 2. The van der Waals surface area contributed by atoms with Crippen LogP contribution in [0.5, 0.6) is 0 Å². The Morgan fingerprint density at radius 3 is 2.16 bits per heavy atom. The number of halogens is 3. The molecular formula is C11H24Cl3N5. The molecule has 0 bridgehead atoms. The lowest BCUT2D eigenvalue weighted by atomic mass is 10.3. The number of nitrogen functional groups attached to an aromatic ring is 2. The first-order valence-corrected chi connectivity index (χ1v) is 5.32. The first-order chi connectivity index (χ1) is 7.29. The van der Waals surface area contributed by atoms with Crippen molar-refractivity contribution in [1.29, 1.82) is 0 Å². The monoisotopic (exact) mass is 331 g/mol. The number of quaternary nitrogens is 1. The molecular weight excluding hydrogens is 309 g/mol. The Labute approximate surface area is 134 Å². The molecule has 19 heavy (non-hydrogen) atoms. The number of nitrogens with two attached hydrogens (primary N) is 2. The molecule has 0 aliphatic heterocycles. The van der Waals surface area contributed by atoms with Gasteiger partial charge < -0.3 is 33.3 Å². The molecule has 0 saturated carbocycles. The maximum Gasteiger partial charge on any atom is 0.151 e. The number of hydrogen-bond acceptors (Lipinski definition) is 4. The minimum absolute atomic E-state index is 0. The van der Waals surface area contributed by atoms with Gasteiger partial charge in [0.1, 0.15) is 0 Å². The lowest BCUT2D eigenvalue weighted by Crippen LogP contribution is -3.00. The molecule has 1 rings (SSSR count). The topological polar surface area (TPSA) is 68.2 Å². The van der Waals surface area contributed by atoms with Crippen LogP contribution >= 0.6 is 24.8 Å². The van der Waals surface area contributed by atoms with Crippen molar-refractivity contribution in [3.8, 4) is 0 Å². The van der Waals surface area contributed by atoms with E-state index in [1.54, 1.807) is 12.3 Å². The number of aromatic nitrogens is 1. The van der Waals surface area contributed by atoms with E-state index in [0.717, 1.165) is 23.4 Å². The smallest absolute Gasteiger partial charge is 0.151 e. The van der Waals surface area contributed by atoms with Crippen molar-refractivity contribution >= 4 is 42.0 Å². The maximum absolute atomic E-state index is 5.87. The van der Waals surface area contributed by atoms with E-state index in [2.05, 4.69) is 31.0 Å². The average molecular weight is 333 g/mol. The van der Waals surface area contributed by atoms with Crippen LogP contribution in [0.1, 0.15) is 0 Å². The quantitative estimate of drug-likeness (QED) is 0.641. The van der Waals surface area contributed by atoms with Gasteiger partial charge in [0.15, 0.2) is 5.82 Å². The highest BCUT2D eigenvalue weighted by atomic mass is 35.5. The van der Waals surface area contributed by atoms with Crippen molar-refractivity contribution in [2.75, 3.05) is 57.6 Å². The van der Waals surface area contributed by atoms with Crippen LogP contribution < -0.4 is 28.8 Å². The molecule has 1 aromatic heterocycles. The van der Waals surface area contributed by atoms with Crippen LogP contribution in [0.2, 0.25) is 0 Å². The second-order valence-corrected chi connectivity index (χ2v) is 5.12. The van der Waals surface area contributed by atoms with Crippen molar-refractivity contribution < 1.29 is 16.9 Å². The van der Waals surface area contributed by atoms with E-state index in [1.165, 1.54) is 0 Å². The van der Waals surface area contributed by atoms with Crippen LogP contribution in [0.3, 0.4) is 0 Å². The fourth-order valence-corrected chi connectivity index (χ4v) is 1.37. The van der Waals surface area contributed by atoms with Gasteiger partial charge in [0.05, 0.1) is 51.8 Å². The largest absolute Gasteiger partial charge is 1.00 e. The zero-order valence-corrected chi connectivity index (χ0v) is 14.1. The summed E-state index contributed by atoms with van der Waals surface area (Å²) in [6, 6.07) is 1.74. The number of nitrogens with zero attached hydrogens (tertiary/aromatic N) is 3. The van der Waals surface area contributed by atoms with Crippen molar-refractivity contribution in [3.63, 3.8) is 0 Å². The third-order valence-corrected chi connectivity index (χ3v) is 2.38. The SMILES string of the molecule is CN(CC[N+](C)(C)C)c1ncc(N)cc1N.Cl.Cl.[Cl-]. The average Bonchev–Trinajstić information content (AvgIpc) is 2.13. The summed E-state index contributed by atoms with van der Waals surface area (Å²) < 4.78 is 0.916. The van der Waals surface area contributed by atoms with Crippen molar-refractivity contribution in [1.82, 2.24) is 4.98 Å². The molecule has 0 radical (unpaired) electrons. The summed E-state index contributed by atoms with van der Waals surface area (Å²) in [7, 11) is 8.47. The Kier molecular flexibility index (Phi) is 11.5. The Hall–Kier alpha value is -0.620. The molecule has 0 amide bonds. The van der Waals surface area contributed by atoms with E-state index in [-0.39, 0.29) is 37.2 Å². The Morgan fingerprint density at radius 2 is 1.74 bits per heavy atom. The zero-order valence-electron chi connectivity index (χ0n) is 11.8. The fraction of sp³-hybridized carbons (Fsp3) is 0.545. The Morgan fingerprint density at radius 1 is 1.21 bits per heavy atom. The van der Waals surface area contributed by atoms with Gasteiger partial charge in [-0.2, -0.15) is 0 Å². The van der Waals surface area contributed by atoms with Gasteiger partial charge in [-0.15, -0.1) is 24.8 Å². The summed E-state index contributed by atoms with van der Waals surface area (Å²) in [5, 5.41) is 0. The summed E-state index contributed by atoms with van der Waals surface area (Å²) in [6.07, 6.45) is 1.63. The van der Waals surface area contributed by atoms with Gasteiger partial charge in [-0.1, -0.05) is 0 Å². The molecule has 0 unspecified atom stereocenters. The number of pyridine rings is 1. The minimum atomic E-state index is 0. The predicted molar refractivity (Wildman–Crippen MR) is 83.7 cm³/mol. The molecule has 1 heterocycles. The molecule has 4 N–H and O–H groups in total. The molecule has 114 valence electrons. The van der Waals surface area contributed by atoms with E-state index in [4.69, 9.17) is 11.5 Å². The molecule has 0 saturated heterocycles.